The normalized spacial score (nSPS) is 14.0. The lowest BCUT2D eigenvalue weighted by Gasteiger charge is -2.27. The predicted molar refractivity (Wildman–Crippen MR) is 111 cm³/mol. The monoisotopic (exact) mass is 409 g/mol. The number of aromatic nitrogens is 5. The number of hydrogen-bond donors (Lipinski definition) is 2. The number of anilines is 2. The molecule has 1 saturated heterocycles. The van der Waals surface area contributed by atoms with E-state index in [9.17, 15) is 9.59 Å². The second-order valence-electron chi connectivity index (χ2n) is 6.96. The number of para-hydroxylation sites is 2. The Morgan fingerprint density at radius 2 is 2.07 bits per heavy atom. The van der Waals surface area contributed by atoms with Gasteiger partial charge in [-0.05, 0) is 25.5 Å². The first-order valence-electron chi connectivity index (χ1n) is 9.78. The van der Waals surface area contributed by atoms with E-state index in [1.807, 2.05) is 23.1 Å². The van der Waals surface area contributed by atoms with Crippen LogP contribution in [0.2, 0.25) is 0 Å². The van der Waals surface area contributed by atoms with Crippen molar-refractivity contribution in [3.05, 3.63) is 58.5 Å². The fourth-order valence-corrected chi connectivity index (χ4v) is 3.38. The van der Waals surface area contributed by atoms with Crippen LogP contribution in [0.25, 0.3) is 5.69 Å². The lowest BCUT2D eigenvalue weighted by molar-refractivity contribution is -0.116. The molecule has 0 radical (unpaired) electrons. The van der Waals surface area contributed by atoms with Crippen molar-refractivity contribution in [3.8, 4) is 5.69 Å². The molecule has 1 aliphatic rings. The van der Waals surface area contributed by atoms with Crippen LogP contribution in [-0.2, 0) is 16.0 Å². The van der Waals surface area contributed by atoms with Crippen LogP contribution in [0, 0.1) is 6.92 Å². The zero-order chi connectivity index (χ0) is 20.9. The number of ether oxygens (including phenoxy) is 1. The van der Waals surface area contributed by atoms with Crippen LogP contribution in [-0.4, -0.2) is 56.9 Å². The van der Waals surface area contributed by atoms with Crippen LogP contribution in [0.15, 0.2) is 41.7 Å². The minimum Gasteiger partial charge on any atom is -0.378 e. The van der Waals surface area contributed by atoms with Crippen LogP contribution >= 0.6 is 0 Å². The zero-order valence-electron chi connectivity index (χ0n) is 16.7. The number of benzene rings is 1. The lowest BCUT2D eigenvalue weighted by atomic mass is 10.1. The first-order valence-corrected chi connectivity index (χ1v) is 9.78. The summed E-state index contributed by atoms with van der Waals surface area (Å²) in [6, 6.07) is 7.33. The Balaban J connectivity index is 1.43. The van der Waals surface area contributed by atoms with Gasteiger partial charge >= 0.3 is 0 Å². The van der Waals surface area contributed by atoms with Crippen molar-refractivity contribution in [3.63, 3.8) is 0 Å². The minimum absolute atomic E-state index is 0.161. The van der Waals surface area contributed by atoms with Crippen LogP contribution in [0.4, 0.5) is 11.6 Å². The number of carbonyl (C=O) groups excluding carboxylic acids is 1. The van der Waals surface area contributed by atoms with E-state index >= 15 is 0 Å². The van der Waals surface area contributed by atoms with Crippen molar-refractivity contribution in [2.24, 2.45) is 0 Å². The molecule has 1 aromatic carbocycles. The number of nitrogens with zero attached hydrogens (tertiary/aromatic N) is 5. The highest BCUT2D eigenvalue weighted by Gasteiger charge is 2.17. The average molecular weight is 409 g/mol. The molecule has 1 fully saturated rings. The summed E-state index contributed by atoms with van der Waals surface area (Å²) in [6.07, 6.45) is 3.46. The second kappa shape index (κ2) is 8.87. The van der Waals surface area contributed by atoms with E-state index in [0.717, 1.165) is 0 Å². The number of H-pyrrole nitrogens is 1. The quantitative estimate of drug-likeness (QED) is 0.625. The van der Waals surface area contributed by atoms with Crippen molar-refractivity contribution in [2.45, 2.75) is 19.8 Å². The Bertz CT molecular complexity index is 1070. The fourth-order valence-electron chi connectivity index (χ4n) is 3.38. The van der Waals surface area contributed by atoms with Gasteiger partial charge in [-0.15, -0.1) is 0 Å². The Morgan fingerprint density at radius 3 is 2.80 bits per heavy atom. The molecule has 10 heteroatoms. The van der Waals surface area contributed by atoms with Crippen molar-refractivity contribution in [2.75, 3.05) is 36.5 Å². The van der Waals surface area contributed by atoms with E-state index in [0.29, 0.717) is 61.3 Å². The van der Waals surface area contributed by atoms with E-state index in [1.165, 1.54) is 6.33 Å². The third-order valence-electron chi connectivity index (χ3n) is 4.97. The summed E-state index contributed by atoms with van der Waals surface area (Å²) in [7, 11) is 0. The van der Waals surface area contributed by atoms with E-state index < -0.39 is 0 Å². The summed E-state index contributed by atoms with van der Waals surface area (Å²) in [5.74, 6) is 0.356. The fraction of sp³-hybridized carbons (Fsp3) is 0.350. The molecule has 2 aromatic heterocycles. The van der Waals surface area contributed by atoms with E-state index in [-0.39, 0.29) is 17.9 Å². The Kier molecular flexibility index (Phi) is 5.84. The number of aryl methyl sites for hydroxylation is 1. The lowest BCUT2D eigenvalue weighted by Crippen LogP contribution is -2.38. The molecule has 1 aliphatic heterocycles. The van der Waals surface area contributed by atoms with Gasteiger partial charge in [0.15, 0.2) is 0 Å². The SMILES string of the molecule is Cc1nc(N2CCOCC2)[nH]c(=O)c1CCC(=O)Nc1ccccc1-n1cncn1. The maximum Gasteiger partial charge on any atom is 0.255 e. The summed E-state index contributed by atoms with van der Waals surface area (Å²) in [4.78, 5) is 38.4. The van der Waals surface area contributed by atoms with Crippen LogP contribution in [0.3, 0.4) is 0 Å². The predicted octanol–water partition coefficient (Wildman–Crippen LogP) is 1.07. The van der Waals surface area contributed by atoms with Gasteiger partial charge in [0.2, 0.25) is 11.9 Å². The highest BCUT2D eigenvalue weighted by Crippen LogP contribution is 2.19. The molecule has 0 atom stereocenters. The van der Waals surface area contributed by atoms with E-state index in [4.69, 9.17) is 4.74 Å². The van der Waals surface area contributed by atoms with Gasteiger partial charge in [0.25, 0.3) is 5.56 Å². The zero-order valence-corrected chi connectivity index (χ0v) is 16.7. The highest BCUT2D eigenvalue weighted by atomic mass is 16.5. The van der Waals surface area contributed by atoms with Crippen LogP contribution < -0.4 is 15.8 Å². The van der Waals surface area contributed by atoms with Gasteiger partial charge in [0.1, 0.15) is 12.7 Å². The third kappa shape index (κ3) is 4.38. The number of hydrogen-bond acceptors (Lipinski definition) is 7. The Hall–Kier alpha value is -3.53. The Labute approximate surface area is 172 Å². The third-order valence-corrected chi connectivity index (χ3v) is 4.97. The highest BCUT2D eigenvalue weighted by molar-refractivity contribution is 5.92. The number of nitrogens with one attached hydrogen (secondary N) is 2. The molecule has 156 valence electrons. The molecule has 1 amide bonds. The molecule has 0 spiro atoms. The van der Waals surface area contributed by atoms with E-state index in [2.05, 4.69) is 25.4 Å². The van der Waals surface area contributed by atoms with Crippen molar-refractivity contribution in [1.82, 2.24) is 24.7 Å². The van der Waals surface area contributed by atoms with Crippen LogP contribution in [0.5, 0.6) is 0 Å². The maximum atomic E-state index is 12.6. The summed E-state index contributed by atoms with van der Waals surface area (Å²) >= 11 is 0. The number of carbonyl (C=O) groups is 1. The molecular weight excluding hydrogens is 386 g/mol. The van der Waals surface area contributed by atoms with Gasteiger partial charge in [-0.2, -0.15) is 5.10 Å². The standard InChI is InChI=1S/C20H23N7O3/c1-14-15(19(29)25-20(23-14)26-8-10-30-11-9-26)6-7-18(28)24-16-4-2-3-5-17(16)27-13-21-12-22-27/h2-5,12-13H,6-11H2,1H3,(H,24,28)(H,23,25,29). The molecule has 3 heterocycles. The largest absolute Gasteiger partial charge is 0.378 e. The molecule has 2 N–H and O–H groups in total. The number of aromatic amines is 1. The topological polar surface area (TPSA) is 118 Å². The smallest absolute Gasteiger partial charge is 0.255 e. The van der Waals surface area contributed by atoms with Gasteiger partial charge in [-0.1, -0.05) is 12.1 Å². The molecule has 4 rings (SSSR count). The molecule has 0 aliphatic carbocycles. The van der Waals surface area contributed by atoms with Crippen molar-refractivity contribution in [1.29, 1.82) is 0 Å². The molecule has 30 heavy (non-hydrogen) atoms. The molecule has 0 bridgehead atoms. The van der Waals surface area contributed by atoms with Gasteiger partial charge in [0.05, 0.1) is 24.6 Å². The number of rotatable bonds is 6. The van der Waals surface area contributed by atoms with Crippen molar-refractivity contribution < 1.29 is 9.53 Å². The molecule has 3 aromatic rings. The van der Waals surface area contributed by atoms with Gasteiger partial charge in [-0.25, -0.2) is 14.6 Å². The minimum atomic E-state index is -0.209. The maximum absolute atomic E-state index is 12.6. The molecule has 10 nitrogen and oxygen atoms in total. The first kappa shape index (κ1) is 19.8. The molecular formula is C20H23N7O3. The van der Waals surface area contributed by atoms with Crippen LogP contribution in [0.1, 0.15) is 17.7 Å². The molecule has 0 unspecified atom stereocenters. The van der Waals surface area contributed by atoms with E-state index in [1.54, 1.807) is 24.0 Å². The van der Waals surface area contributed by atoms with Gasteiger partial charge in [-0.3, -0.25) is 14.6 Å². The van der Waals surface area contributed by atoms with Gasteiger partial charge in [0, 0.05) is 30.8 Å². The summed E-state index contributed by atoms with van der Waals surface area (Å²) in [5.41, 5.74) is 2.29. The summed E-state index contributed by atoms with van der Waals surface area (Å²) < 4.78 is 6.92. The average Bonchev–Trinajstić information content (AvgIpc) is 3.29. The molecule has 0 saturated carbocycles. The van der Waals surface area contributed by atoms with Crippen molar-refractivity contribution >= 4 is 17.5 Å². The van der Waals surface area contributed by atoms with Gasteiger partial charge < -0.3 is 15.0 Å². The summed E-state index contributed by atoms with van der Waals surface area (Å²) in [6.45, 7) is 4.40. The first-order chi connectivity index (χ1) is 14.6. The number of amides is 1. The Morgan fingerprint density at radius 1 is 1.27 bits per heavy atom. The number of morpholine rings is 1. The second-order valence-corrected chi connectivity index (χ2v) is 6.96. The summed E-state index contributed by atoms with van der Waals surface area (Å²) in [5, 5.41) is 7.00.